The van der Waals surface area contributed by atoms with Gasteiger partial charge in [0.15, 0.2) is 0 Å². The van der Waals surface area contributed by atoms with Gasteiger partial charge in [-0.05, 0) is 55.7 Å². The Hall–Kier alpha value is -3.13. The third kappa shape index (κ3) is 6.60. The Labute approximate surface area is 262 Å². The molecule has 6 rings (SSSR count). The number of nitrogens with one attached hydrogen (secondary N) is 1. The fourth-order valence-corrected chi connectivity index (χ4v) is 8.97. The molecule has 3 aliphatic rings. The largest absolute Gasteiger partial charge is 0.378 e. The summed E-state index contributed by atoms with van der Waals surface area (Å²) in [5, 5.41) is 3.54. The van der Waals surface area contributed by atoms with E-state index < -0.39 is 15.9 Å². The summed E-state index contributed by atoms with van der Waals surface area (Å²) in [6.45, 7) is 8.57. The highest BCUT2D eigenvalue weighted by molar-refractivity contribution is 7.89. The van der Waals surface area contributed by atoms with E-state index in [4.69, 9.17) is 9.47 Å². The van der Waals surface area contributed by atoms with Gasteiger partial charge in [-0.1, -0.05) is 30.3 Å². The van der Waals surface area contributed by atoms with Crippen molar-refractivity contribution in [1.82, 2.24) is 14.1 Å². The second-order valence-corrected chi connectivity index (χ2v) is 14.7. The molecule has 0 bridgehead atoms. The van der Waals surface area contributed by atoms with Gasteiger partial charge in [-0.15, -0.1) is 11.3 Å². The Morgan fingerprint density at radius 1 is 0.955 bits per heavy atom. The van der Waals surface area contributed by atoms with Crippen LogP contribution in [-0.4, -0.2) is 92.5 Å². The molecule has 2 saturated heterocycles. The molecule has 3 aromatic rings. The van der Waals surface area contributed by atoms with E-state index in [1.54, 1.807) is 4.90 Å². The topological polar surface area (TPSA) is 108 Å². The minimum Gasteiger partial charge on any atom is -0.378 e. The van der Waals surface area contributed by atoms with Gasteiger partial charge in [0.2, 0.25) is 10.0 Å². The van der Waals surface area contributed by atoms with E-state index in [9.17, 15) is 18.0 Å². The normalized spacial score (nSPS) is 21.5. The first-order chi connectivity index (χ1) is 21.2. The van der Waals surface area contributed by atoms with Gasteiger partial charge in [-0.2, -0.15) is 4.31 Å². The predicted octanol–water partition coefficient (Wildman–Crippen LogP) is 3.83. The van der Waals surface area contributed by atoms with Gasteiger partial charge in [0.05, 0.1) is 35.9 Å². The van der Waals surface area contributed by atoms with E-state index in [0.717, 1.165) is 23.5 Å². The molecule has 2 aromatic carbocycles. The van der Waals surface area contributed by atoms with E-state index in [0.29, 0.717) is 55.4 Å². The first-order valence-corrected chi connectivity index (χ1v) is 17.3. The van der Waals surface area contributed by atoms with Gasteiger partial charge >= 0.3 is 0 Å². The Kier molecular flexibility index (Phi) is 9.18. The van der Waals surface area contributed by atoms with Gasteiger partial charge < -0.3 is 19.7 Å². The highest BCUT2D eigenvalue weighted by Gasteiger charge is 2.34. The van der Waals surface area contributed by atoms with Crippen molar-refractivity contribution in [3.05, 3.63) is 81.7 Å². The zero-order valence-corrected chi connectivity index (χ0v) is 26.7. The summed E-state index contributed by atoms with van der Waals surface area (Å²) in [4.78, 5) is 32.7. The van der Waals surface area contributed by atoms with Crippen LogP contribution in [0.5, 0.6) is 0 Å². The number of benzene rings is 2. The number of morpholine rings is 2. The molecule has 44 heavy (non-hydrogen) atoms. The molecule has 0 radical (unpaired) electrons. The maximum absolute atomic E-state index is 13.8. The second kappa shape index (κ2) is 13.1. The van der Waals surface area contributed by atoms with Crippen molar-refractivity contribution < 1.29 is 27.5 Å². The molecule has 0 aliphatic carbocycles. The molecular formula is C32H38N4O6S2. The van der Waals surface area contributed by atoms with Crippen LogP contribution in [0.1, 0.15) is 50.6 Å². The maximum atomic E-state index is 13.8. The second-order valence-electron chi connectivity index (χ2n) is 11.6. The number of rotatable bonds is 7. The lowest BCUT2D eigenvalue weighted by Crippen LogP contribution is -2.48. The molecule has 0 spiro atoms. The Bertz CT molecular complexity index is 1590. The first-order valence-electron chi connectivity index (χ1n) is 15.0. The maximum Gasteiger partial charge on any atom is 0.257 e. The van der Waals surface area contributed by atoms with Crippen molar-refractivity contribution in [2.75, 3.05) is 51.3 Å². The van der Waals surface area contributed by atoms with E-state index in [2.05, 4.69) is 22.3 Å². The molecule has 12 heteroatoms. The number of hydrogen-bond donors (Lipinski definition) is 1. The average molecular weight is 639 g/mol. The highest BCUT2D eigenvalue weighted by Crippen LogP contribution is 2.39. The van der Waals surface area contributed by atoms with E-state index in [-0.39, 0.29) is 36.1 Å². The number of ether oxygens (including phenoxy) is 2. The zero-order chi connectivity index (χ0) is 30.8. The molecule has 4 heterocycles. The van der Waals surface area contributed by atoms with Crippen LogP contribution in [0.15, 0.2) is 59.5 Å². The van der Waals surface area contributed by atoms with Crippen LogP contribution < -0.4 is 5.32 Å². The predicted molar refractivity (Wildman–Crippen MR) is 168 cm³/mol. The summed E-state index contributed by atoms with van der Waals surface area (Å²) < 4.78 is 39.2. The fraction of sp³-hybridized carbons (Fsp3) is 0.438. The summed E-state index contributed by atoms with van der Waals surface area (Å²) >= 11 is 1.45. The number of anilines is 1. The van der Waals surface area contributed by atoms with Crippen molar-refractivity contribution in [2.24, 2.45) is 0 Å². The molecule has 3 aliphatic heterocycles. The molecule has 234 valence electrons. The molecule has 0 saturated carbocycles. The minimum absolute atomic E-state index is 0.0898. The number of carbonyl (C=O) groups is 2. The van der Waals surface area contributed by atoms with Crippen LogP contribution >= 0.6 is 11.3 Å². The molecular weight excluding hydrogens is 601 g/mol. The molecule has 1 aromatic heterocycles. The fourth-order valence-electron chi connectivity index (χ4n) is 6.10. The lowest BCUT2D eigenvalue weighted by molar-refractivity contribution is -0.0440. The van der Waals surface area contributed by atoms with Gasteiger partial charge in [-0.3, -0.25) is 14.5 Å². The van der Waals surface area contributed by atoms with Gasteiger partial charge in [-0.25, -0.2) is 8.42 Å². The van der Waals surface area contributed by atoms with Crippen LogP contribution in [0.4, 0.5) is 5.00 Å². The molecule has 2 fully saturated rings. The molecule has 2 atom stereocenters. The average Bonchev–Trinajstić information content (AvgIpc) is 3.38. The Morgan fingerprint density at radius 2 is 1.64 bits per heavy atom. The number of thiophene rings is 1. The van der Waals surface area contributed by atoms with E-state index in [1.807, 2.05) is 32.0 Å². The number of hydrogen-bond acceptors (Lipinski definition) is 8. The third-order valence-corrected chi connectivity index (χ3v) is 11.2. The van der Waals surface area contributed by atoms with Crippen molar-refractivity contribution >= 4 is 38.2 Å². The summed E-state index contributed by atoms with van der Waals surface area (Å²) in [5.41, 5.74) is 3.11. The smallest absolute Gasteiger partial charge is 0.257 e. The quantitative estimate of drug-likeness (QED) is 0.419. The number of nitrogens with zero attached hydrogens (tertiary/aromatic N) is 3. The number of fused-ring (bicyclic) bond motifs is 1. The molecule has 2 amide bonds. The monoisotopic (exact) mass is 638 g/mol. The number of amides is 2. The third-order valence-electron chi connectivity index (χ3n) is 8.26. The number of carbonyl (C=O) groups excluding carboxylic acids is 2. The van der Waals surface area contributed by atoms with Crippen LogP contribution in [0.25, 0.3) is 0 Å². The van der Waals surface area contributed by atoms with Crippen LogP contribution in [0.3, 0.4) is 0 Å². The summed E-state index contributed by atoms with van der Waals surface area (Å²) in [6, 6.07) is 16.3. The van der Waals surface area contributed by atoms with E-state index in [1.165, 1.54) is 45.5 Å². The van der Waals surface area contributed by atoms with Gasteiger partial charge in [0.25, 0.3) is 11.8 Å². The highest BCUT2D eigenvalue weighted by atomic mass is 32.2. The lowest BCUT2D eigenvalue weighted by atomic mass is 10.0. The SMILES string of the molecule is CC1CN(S(=O)(=O)c2ccc(C(=O)Nc3sc4c(c3C(=O)N3CCOCC3)CCN(Cc3ccccc3)C4)cc2)CC(C)O1. The molecule has 2 unspecified atom stereocenters. The van der Waals surface area contributed by atoms with Crippen molar-refractivity contribution in [1.29, 1.82) is 0 Å². The zero-order valence-electron chi connectivity index (χ0n) is 25.0. The van der Waals surface area contributed by atoms with Gasteiger partial charge in [0.1, 0.15) is 5.00 Å². The first kappa shape index (κ1) is 30.9. The Balaban J connectivity index is 1.23. The van der Waals surface area contributed by atoms with Crippen molar-refractivity contribution in [3.63, 3.8) is 0 Å². The van der Waals surface area contributed by atoms with Crippen molar-refractivity contribution in [3.8, 4) is 0 Å². The molecule has 1 N–H and O–H groups in total. The summed E-state index contributed by atoms with van der Waals surface area (Å²) in [6.07, 6.45) is 0.315. The van der Waals surface area contributed by atoms with Crippen LogP contribution in [0.2, 0.25) is 0 Å². The van der Waals surface area contributed by atoms with Crippen LogP contribution in [0, 0.1) is 0 Å². The van der Waals surface area contributed by atoms with Crippen molar-refractivity contribution in [2.45, 2.75) is 50.5 Å². The lowest BCUT2D eigenvalue weighted by Gasteiger charge is -2.34. The standard InChI is InChI=1S/C32H38N4O6S2/c1-22-18-36(19-23(2)42-22)44(39,40)26-10-8-25(9-11-26)30(37)33-31-29(32(38)35-14-16-41-17-15-35)27-12-13-34(21-28(27)43-31)20-24-6-4-3-5-7-24/h3-11,22-23H,12-21H2,1-2H3,(H,33,37). The molecule has 10 nitrogen and oxygen atoms in total. The van der Waals surface area contributed by atoms with E-state index >= 15 is 0 Å². The Morgan fingerprint density at radius 3 is 2.32 bits per heavy atom. The summed E-state index contributed by atoms with van der Waals surface area (Å²) in [7, 11) is -3.73. The minimum atomic E-state index is -3.73. The van der Waals surface area contributed by atoms with Crippen LogP contribution in [-0.2, 0) is 39.0 Å². The summed E-state index contributed by atoms with van der Waals surface area (Å²) in [5.74, 6) is -0.480. The number of sulfonamides is 1. The van der Waals surface area contributed by atoms with Gasteiger partial charge in [0, 0.05) is 56.3 Å².